The predicted octanol–water partition coefficient (Wildman–Crippen LogP) is -0.119. The molecule has 0 aliphatic carbocycles. The van der Waals surface area contributed by atoms with Gasteiger partial charge in [-0.1, -0.05) is 0 Å². The van der Waals surface area contributed by atoms with E-state index in [4.69, 9.17) is 0 Å². The lowest BCUT2D eigenvalue weighted by molar-refractivity contribution is 0.0949. The van der Waals surface area contributed by atoms with Crippen LogP contribution in [0, 0.1) is 0 Å². The van der Waals surface area contributed by atoms with Crippen LogP contribution in [0.1, 0.15) is 16.8 Å². The first-order chi connectivity index (χ1) is 10.7. The standard InChI is InChI=1S/C15H21N5O2/c21-14(17-6-9-20-7-1-4-16-5-8-20)11-2-3-12-13(10-11)19-15(22)18-12/h2-3,10,16H,1,4-9H2,(H,17,21)(H2,18,19,22). The van der Waals surface area contributed by atoms with Gasteiger partial charge in [-0.15, -0.1) is 0 Å². The number of benzene rings is 1. The van der Waals surface area contributed by atoms with Gasteiger partial charge in [-0.05, 0) is 37.7 Å². The highest BCUT2D eigenvalue weighted by Gasteiger charge is 2.10. The molecule has 1 fully saturated rings. The monoisotopic (exact) mass is 303 g/mol. The van der Waals surface area contributed by atoms with Gasteiger partial charge in [0.1, 0.15) is 0 Å². The number of hydrogen-bond donors (Lipinski definition) is 4. The third kappa shape index (κ3) is 3.55. The van der Waals surface area contributed by atoms with Crippen molar-refractivity contribution in [3.63, 3.8) is 0 Å². The van der Waals surface area contributed by atoms with Crippen LogP contribution < -0.4 is 16.3 Å². The molecule has 0 spiro atoms. The number of rotatable bonds is 4. The molecule has 1 saturated heterocycles. The molecule has 7 nitrogen and oxygen atoms in total. The topological polar surface area (TPSA) is 93.0 Å². The zero-order valence-corrected chi connectivity index (χ0v) is 12.4. The maximum atomic E-state index is 12.2. The Morgan fingerprint density at radius 2 is 2.05 bits per heavy atom. The second kappa shape index (κ2) is 6.76. The van der Waals surface area contributed by atoms with E-state index < -0.39 is 0 Å². The average Bonchev–Trinajstić information content (AvgIpc) is 2.70. The van der Waals surface area contributed by atoms with Gasteiger partial charge >= 0.3 is 5.69 Å². The van der Waals surface area contributed by atoms with Crippen molar-refractivity contribution in [2.75, 3.05) is 39.3 Å². The Bertz CT molecular complexity index is 697. The molecule has 4 N–H and O–H groups in total. The molecule has 7 heteroatoms. The molecule has 0 unspecified atom stereocenters. The minimum atomic E-state index is -0.262. The lowest BCUT2D eigenvalue weighted by Crippen LogP contribution is -2.36. The van der Waals surface area contributed by atoms with Gasteiger partial charge in [-0.2, -0.15) is 0 Å². The van der Waals surface area contributed by atoms with Crippen LogP contribution >= 0.6 is 0 Å². The highest BCUT2D eigenvalue weighted by atomic mass is 16.2. The van der Waals surface area contributed by atoms with E-state index in [9.17, 15) is 9.59 Å². The molecule has 1 aliphatic heterocycles. The predicted molar refractivity (Wildman–Crippen MR) is 85.2 cm³/mol. The van der Waals surface area contributed by atoms with Crippen molar-refractivity contribution >= 4 is 16.9 Å². The summed E-state index contributed by atoms with van der Waals surface area (Å²) < 4.78 is 0. The molecule has 22 heavy (non-hydrogen) atoms. The Hall–Kier alpha value is -2.12. The van der Waals surface area contributed by atoms with Gasteiger partial charge < -0.3 is 25.5 Å². The van der Waals surface area contributed by atoms with Crippen LogP contribution in [-0.4, -0.2) is 60.0 Å². The van der Waals surface area contributed by atoms with Crippen molar-refractivity contribution in [1.82, 2.24) is 25.5 Å². The van der Waals surface area contributed by atoms with E-state index in [2.05, 4.69) is 25.5 Å². The van der Waals surface area contributed by atoms with Gasteiger partial charge in [0.05, 0.1) is 11.0 Å². The number of H-pyrrole nitrogens is 2. The van der Waals surface area contributed by atoms with Gasteiger partial charge in [0, 0.05) is 31.7 Å². The minimum absolute atomic E-state index is 0.114. The number of imidazole rings is 1. The van der Waals surface area contributed by atoms with Crippen molar-refractivity contribution in [2.45, 2.75) is 6.42 Å². The van der Waals surface area contributed by atoms with E-state index >= 15 is 0 Å². The maximum Gasteiger partial charge on any atom is 0.323 e. The molecule has 0 saturated carbocycles. The Morgan fingerprint density at radius 1 is 1.18 bits per heavy atom. The van der Waals surface area contributed by atoms with Crippen molar-refractivity contribution < 1.29 is 4.79 Å². The van der Waals surface area contributed by atoms with E-state index in [1.165, 1.54) is 0 Å². The second-order valence-electron chi connectivity index (χ2n) is 5.54. The first-order valence-corrected chi connectivity index (χ1v) is 7.66. The van der Waals surface area contributed by atoms with Crippen molar-refractivity contribution in [1.29, 1.82) is 0 Å². The number of carbonyl (C=O) groups is 1. The number of aromatic nitrogens is 2. The number of amides is 1. The molecule has 2 aromatic rings. The van der Waals surface area contributed by atoms with E-state index in [0.29, 0.717) is 23.1 Å². The molecule has 1 aromatic carbocycles. The first kappa shape index (κ1) is 14.8. The molecule has 1 amide bonds. The summed E-state index contributed by atoms with van der Waals surface area (Å²) in [5.41, 5.74) is 1.65. The third-order valence-corrected chi connectivity index (χ3v) is 3.92. The van der Waals surface area contributed by atoms with Crippen LogP contribution in [0.5, 0.6) is 0 Å². The lowest BCUT2D eigenvalue weighted by atomic mass is 10.2. The molecular weight excluding hydrogens is 282 g/mol. The fourth-order valence-corrected chi connectivity index (χ4v) is 2.73. The van der Waals surface area contributed by atoms with Gasteiger partial charge in [0.2, 0.25) is 0 Å². The third-order valence-electron chi connectivity index (χ3n) is 3.92. The summed E-state index contributed by atoms with van der Waals surface area (Å²) in [4.78, 5) is 31.1. The highest BCUT2D eigenvalue weighted by molar-refractivity contribution is 5.97. The molecule has 1 aromatic heterocycles. The van der Waals surface area contributed by atoms with Crippen molar-refractivity contribution in [2.24, 2.45) is 0 Å². The Balaban J connectivity index is 1.55. The normalized spacial score (nSPS) is 16.5. The molecule has 3 rings (SSSR count). The highest BCUT2D eigenvalue weighted by Crippen LogP contribution is 2.09. The van der Waals surface area contributed by atoms with E-state index in [1.54, 1.807) is 18.2 Å². The summed E-state index contributed by atoms with van der Waals surface area (Å²) in [7, 11) is 0. The van der Waals surface area contributed by atoms with E-state index in [0.717, 1.165) is 39.1 Å². The van der Waals surface area contributed by atoms with Crippen molar-refractivity contribution in [3.8, 4) is 0 Å². The van der Waals surface area contributed by atoms with Gasteiger partial charge in [0.15, 0.2) is 0 Å². The van der Waals surface area contributed by atoms with Gasteiger partial charge in [-0.25, -0.2) is 4.79 Å². The molecule has 0 radical (unpaired) electrons. The molecule has 0 bridgehead atoms. The summed E-state index contributed by atoms with van der Waals surface area (Å²) in [6, 6.07) is 5.15. The first-order valence-electron chi connectivity index (χ1n) is 7.66. The fraction of sp³-hybridized carbons (Fsp3) is 0.467. The summed E-state index contributed by atoms with van der Waals surface area (Å²) in [6.07, 6.45) is 1.14. The van der Waals surface area contributed by atoms with Crippen LogP contribution in [0.2, 0.25) is 0 Å². The zero-order chi connectivity index (χ0) is 15.4. The van der Waals surface area contributed by atoms with Gasteiger partial charge in [0.25, 0.3) is 5.91 Å². The van der Waals surface area contributed by atoms with Crippen LogP contribution in [0.4, 0.5) is 0 Å². The smallest absolute Gasteiger partial charge is 0.323 e. The summed E-state index contributed by atoms with van der Waals surface area (Å²) in [6.45, 7) is 5.65. The largest absolute Gasteiger partial charge is 0.351 e. The van der Waals surface area contributed by atoms with Crippen LogP contribution in [0.25, 0.3) is 11.0 Å². The van der Waals surface area contributed by atoms with Gasteiger partial charge in [-0.3, -0.25) is 4.79 Å². The Morgan fingerprint density at radius 3 is 2.95 bits per heavy atom. The van der Waals surface area contributed by atoms with E-state index in [-0.39, 0.29) is 11.6 Å². The maximum absolute atomic E-state index is 12.2. The molecule has 2 heterocycles. The SMILES string of the molecule is O=C(NCCN1CCCNCC1)c1ccc2[nH]c(=O)[nH]c2c1. The minimum Gasteiger partial charge on any atom is -0.351 e. The molecule has 0 atom stereocenters. The zero-order valence-electron chi connectivity index (χ0n) is 12.4. The quantitative estimate of drug-likeness (QED) is 0.634. The molecule has 1 aliphatic rings. The van der Waals surface area contributed by atoms with E-state index in [1.807, 2.05) is 0 Å². The number of nitrogens with one attached hydrogen (secondary N) is 4. The van der Waals surface area contributed by atoms with Crippen LogP contribution in [0.15, 0.2) is 23.0 Å². The summed E-state index contributed by atoms with van der Waals surface area (Å²) >= 11 is 0. The Kier molecular flexibility index (Phi) is 4.55. The summed E-state index contributed by atoms with van der Waals surface area (Å²) in [5.74, 6) is -0.114. The fourth-order valence-electron chi connectivity index (χ4n) is 2.73. The summed E-state index contributed by atoms with van der Waals surface area (Å²) in [5, 5.41) is 6.30. The number of carbonyl (C=O) groups excluding carboxylic acids is 1. The number of nitrogens with zero attached hydrogens (tertiary/aromatic N) is 1. The number of fused-ring (bicyclic) bond motifs is 1. The second-order valence-corrected chi connectivity index (χ2v) is 5.54. The van der Waals surface area contributed by atoms with Crippen LogP contribution in [0.3, 0.4) is 0 Å². The average molecular weight is 303 g/mol. The molecule has 118 valence electrons. The number of hydrogen-bond acceptors (Lipinski definition) is 4. The molecular formula is C15H21N5O2. The lowest BCUT2D eigenvalue weighted by Gasteiger charge is -2.19. The van der Waals surface area contributed by atoms with Crippen LogP contribution in [-0.2, 0) is 0 Å². The van der Waals surface area contributed by atoms with Crippen molar-refractivity contribution in [3.05, 3.63) is 34.2 Å². The Labute approximate surface area is 128 Å². The number of aromatic amines is 2.